The van der Waals surface area contributed by atoms with E-state index in [1.54, 1.807) is 18.2 Å². The number of carboxylic acids is 1. The predicted molar refractivity (Wildman–Crippen MR) is 80.5 cm³/mol. The highest BCUT2D eigenvalue weighted by Crippen LogP contribution is 2.30. The number of hydrogen-bond acceptors (Lipinski definition) is 4. The molecule has 0 bridgehead atoms. The summed E-state index contributed by atoms with van der Waals surface area (Å²) in [5, 5.41) is 9.19. The molecule has 1 fully saturated rings. The zero-order chi connectivity index (χ0) is 16.1. The monoisotopic (exact) mass is 307 g/mol. The molecule has 1 aliphatic rings. The van der Waals surface area contributed by atoms with E-state index in [0.717, 1.165) is 6.42 Å². The maximum atomic E-state index is 12.6. The van der Waals surface area contributed by atoms with Crippen LogP contribution in [-0.4, -0.2) is 48.2 Å². The molecule has 1 aromatic rings. The van der Waals surface area contributed by atoms with Gasteiger partial charge in [-0.15, -0.1) is 0 Å². The van der Waals surface area contributed by atoms with Crippen LogP contribution in [0.5, 0.6) is 11.5 Å². The molecule has 1 aliphatic heterocycles. The number of nitrogens with zero attached hydrogens (tertiary/aromatic N) is 1. The lowest BCUT2D eigenvalue weighted by Crippen LogP contribution is -2.40. The molecule has 1 unspecified atom stereocenters. The lowest BCUT2D eigenvalue weighted by atomic mass is 10.1. The number of carboxylic acid groups (broad SMARTS) is 1. The largest absolute Gasteiger partial charge is 0.493 e. The van der Waals surface area contributed by atoms with E-state index in [4.69, 9.17) is 9.47 Å². The molecule has 0 spiro atoms. The van der Waals surface area contributed by atoms with Gasteiger partial charge in [-0.3, -0.25) is 4.79 Å². The quantitative estimate of drug-likeness (QED) is 0.871. The van der Waals surface area contributed by atoms with Crippen molar-refractivity contribution in [3.05, 3.63) is 23.8 Å². The smallest absolute Gasteiger partial charge is 0.326 e. The number of rotatable bonds is 6. The van der Waals surface area contributed by atoms with Crippen molar-refractivity contribution in [3.8, 4) is 11.5 Å². The van der Waals surface area contributed by atoms with Crippen molar-refractivity contribution in [2.45, 2.75) is 32.2 Å². The molecule has 6 nitrogen and oxygen atoms in total. The Kier molecular flexibility index (Phi) is 5.25. The summed E-state index contributed by atoms with van der Waals surface area (Å²) in [5.74, 6) is -0.182. The maximum absolute atomic E-state index is 12.6. The average molecular weight is 307 g/mol. The van der Waals surface area contributed by atoms with Crippen LogP contribution in [0.1, 0.15) is 36.5 Å². The first-order chi connectivity index (χ1) is 10.6. The summed E-state index contributed by atoms with van der Waals surface area (Å²) in [4.78, 5) is 25.2. The van der Waals surface area contributed by atoms with Crippen LogP contribution in [0, 0.1) is 0 Å². The molecule has 1 N–H and O–H groups in total. The zero-order valence-corrected chi connectivity index (χ0v) is 12.9. The molecule has 0 saturated carbocycles. The van der Waals surface area contributed by atoms with E-state index in [-0.39, 0.29) is 5.91 Å². The van der Waals surface area contributed by atoms with Crippen LogP contribution in [0.2, 0.25) is 0 Å². The van der Waals surface area contributed by atoms with Gasteiger partial charge < -0.3 is 19.5 Å². The summed E-state index contributed by atoms with van der Waals surface area (Å²) in [5.41, 5.74) is 0.417. The first-order valence-electron chi connectivity index (χ1n) is 7.43. The van der Waals surface area contributed by atoms with Crippen molar-refractivity contribution in [1.82, 2.24) is 4.90 Å². The van der Waals surface area contributed by atoms with Gasteiger partial charge in [0.25, 0.3) is 5.91 Å². The molecule has 0 radical (unpaired) electrons. The first-order valence-corrected chi connectivity index (χ1v) is 7.43. The second kappa shape index (κ2) is 7.15. The van der Waals surface area contributed by atoms with Crippen molar-refractivity contribution < 1.29 is 24.2 Å². The molecule has 1 heterocycles. The molecule has 1 atom stereocenters. The van der Waals surface area contributed by atoms with Crippen LogP contribution in [0.25, 0.3) is 0 Å². The molecule has 1 amide bonds. The van der Waals surface area contributed by atoms with Gasteiger partial charge in [0.2, 0.25) is 0 Å². The van der Waals surface area contributed by atoms with E-state index in [1.165, 1.54) is 12.0 Å². The van der Waals surface area contributed by atoms with Gasteiger partial charge in [0, 0.05) is 12.1 Å². The van der Waals surface area contributed by atoms with Crippen LogP contribution >= 0.6 is 0 Å². The van der Waals surface area contributed by atoms with Gasteiger partial charge >= 0.3 is 5.97 Å². The van der Waals surface area contributed by atoms with Gasteiger partial charge in [-0.05, 0) is 37.5 Å². The molecule has 2 rings (SSSR count). The Morgan fingerprint density at radius 3 is 2.77 bits per heavy atom. The summed E-state index contributed by atoms with van der Waals surface area (Å²) in [6, 6.07) is 4.18. The Balaban J connectivity index is 2.24. The van der Waals surface area contributed by atoms with Crippen molar-refractivity contribution >= 4 is 11.9 Å². The maximum Gasteiger partial charge on any atom is 0.326 e. The Morgan fingerprint density at radius 1 is 1.36 bits per heavy atom. The second-order valence-corrected chi connectivity index (χ2v) is 5.21. The SMILES string of the molecule is CCCOc1cc(C(=O)N2CCCC2C(=O)O)ccc1OC. The summed E-state index contributed by atoms with van der Waals surface area (Å²) < 4.78 is 10.8. The molecule has 0 aromatic heterocycles. The van der Waals surface area contributed by atoms with Crippen molar-refractivity contribution in [2.24, 2.45) is 0 Å². The van der Waals surface area contributed by atoms with Crippen LogP contribution in [-0.2, 0) is 4.79 Å². The fraction of sp³-hybridized carbons (Fsp3) is 0.500. The number of ether oxygens (including phenoxy) is 2. The van der Waals surface area contributed by atoms with Gasteiger partial charge in [0.1, 0.15) is 6.04 Å². The minimum Gasteiger partial charge on any atom is -0.493 e. The van der Waals surface area contributed by atoms with E-state index in [1.807, 2.05) is 6.92 Å². The fourth-order valence-electron chi connectivity index (χ4n) is 2.57. The highest BCUT2D eigenvalue weighted by Gasteiger charge is 2.34. The lowest BCUT2D eigenvalue weighted by Gasteiger charge is -2.22. The van der Waals surface area contributed by atoms with E-state index in [9.17, 15) is 14.7 Å². The topological polar surface area (TPSA) is 76.1 Å². The number of methoxy groups -OCH3 is 1. The van der Waals surface area contributed by atoms with E-state index in [0.29, 0.717) is 43.1 Å². The van der Waals surface area contributed by atoms with Crippen LogP contribution in [0.3, 0.4) is 0 Å². The Hall–Kier alpha value is -2.24. The van der Waals surface area contributed by atoms with Gasteiger partial charge in [-0.1, -0.05) is 6.92 Å². The molecule has 1 saturated heterocycles. The molecule has 6 heteroatoms. The molecule has 120 valence electrons. The molecule has 0 aliphatic carbocycles. The Morgan fingerprint density at radius 2 is 2.14 bits per heavy atom. The van der Waals surface area contributed by atoms with Crippen LogP contribution in [0.4, 0.5) is 0 Å². The molecule has 1 aromatic carbocycles. The highest BCUT2D eigenvalue weighted by atomic mass is 16.5. The first kappa shape index (κ1) is 16.1. The summed E-state index contributed by atoms with van der Waals surface area (Å²) >= 11 is 0. The number of carbonyl (C=O) groups is 2. The number of amides is 1. The number of aliphatic carboxylic acids is 1. The lowest BCUT2D eigenvalue weighted by molar-refractivity contribution is -0.141. The number of carbonyl (C=O) groups excluding carboxylic acids is 1. The van der Waals surface area contributed by atoms with Gasteiger partial charge in [-0.2, -0.15) is 0 Å². The van der Waals surface area contributed by atoms with Gasteiger partial charge in [0.15, 0.2) is 11.5 Å². The minimum atomic E-state index is -0.957. The van der Waals surface area contributed by atoms with E-state index in [2.05, 4.69) is 0 Å². The second-order valence-electron chi connectivity index (χ2n) is 5.21. The predicted octanol–water partition coefficient (Wildman–Crippen LogP) is 2.17. The summed E-state index contributed by atoms with van der Waals surface area (Å²) in [7, 11) is 1.54. The van der Waals surface area contributed by atoms with Gasteiger partial charge in [-0.25, -0.2) is 4.79 Å². The summed E-state index contributed by atoms with van der Waals surface area (Å²) in [6.45, 7) is 2.98. The zero-order valence-electron chi connectivity index (χ0n) is 12.9. The van der Waals surface area contributed by atoms with Crippen LogP contribution < -0.4 is 9.47 Å². The third-order valence-electron chi connectivity index (χ3n) is 3.67. The third-order valence-corrected chi connectivity index (χ3v) is 3.67. The number of likely N-dealkylation sites (tertiary alicyclic amines) is 1. The average Bonchev–Trinajstić information content (AvgIpc) is 3.01. The third kappa shape index (κ3) is 3.32. The molecular weight excluding hydrogens is 286 g/mol. The standard InChI is InChI=1S/C16H21NO5/c1-3-9-22-14-10-11(6-7-13(14)21-2)15(18)17-8-4-5-12(17)16(19)20/h6-7,10,12H,3-5,8-9H2,1-2H3,(H,19,20). The Bertz CT molecular complexity index is 557. The molecule has 22 heavy (non-hydrogen) atoms. The van der Waals surface area contributed by atoms with Crippen molar-refractivity contribution in [1.29, 1.82) is 0 Å². The Labute approximate surface area is 129 Å². The van der Waals surface area contributed by atoms with Crippen LogP contribution in [0.15, 0.2) is 18.2 Å². The normalized spacial score (nSPS) is 17.4. The van der Waals surface area contributed by atoms with Crippen molar-refractivity contribution in [2.75, 3.05) is 20.3 Å². The summed E-state index contributed by atoms with van der Waals surface area (Å²) in [6.07, 6.45) is 2.04. The van der Waals surface area contributed by atoms with Gasteiger partial charge in [0.05, 0.1) is 13.7 Å². The van der Waals surface area contributed by atoms with E-state index < -0.39 is 12.0 Å². The minimum absolute atomic E-state index is 0.283. The highest BCUT2D eigenvalue weighted by molar-refractivity contribution is 5.97. The number of hydrogen-bond donors (Lipinski definition) is 1. The molecular formula is C16H21NO5. The number of benzene rings is 1. The fourth-order valence-corrected chi connectivity index (χ4v) is 2.57. The van der Waals surface area contributed by atoms with E-state index >= 15 is 0 Å². The van der Waals surface area contributed by atoms with Crippen molar-refractivity contribution in [3.63, 3.8) is 0 Å².